The Balaban J connectivity index is 1.56. The molecule has 0 unspecified atom stereocenters. The lowest BCUT2D eigenvalue weighted by molar-refractivity contribution is -0.137. The molecule has 3 rings (SSSR count). The molecule has 0 aliphatic carbocycles. The van der Waals surface area contributed by atoms with E-state index in [0.717, 1.165) is 24.3 Å². The Morgan fingerprint density at radius 3 is 2.36 bits per heavy atom. The van der Waals surface area contributed by atoms with Crippen LogP contribution in [0.5, 0.6) is 11.5 Å². The fourth-order valence-corrected chi connectivity index (χ4v) is 3.05. The molecule has 0 radical (unpaired) electrons. The van der Waals surface area contributed by atoms with Gasteiger partial charge in [0, 0.05) is 11.3 Å². The third-order valence-corrected chi connectivity index (χ3v) is 4.99. The summed E-state index contributed by atoms with van der Waals surface area (Å²) < 4.78 is 61.9. The number of carbonyl (C=O) groups excluding carboxylic acids is 2. The van der Waals surface area contributed by atoms with Crippen LogP contribution in [0.25, 0.3) is 0 Å². The molecule has 0 atom stereocenters. The molecule has 0 saturated carbocycles. The summed E-state index contributed by atoms with van der Waals surface area (Å²) in [6.45, 7) is 0.0625. The van der Waals surface area contributed by atoms with E-state index in [1.807, 2.05) is 5.43 Å². The second-order valence-corrected chi connectivity index (χ2v) is 7.57. The van der Waals surface area contributed by atoms with E-state index in [1.54, 1.807) is 18.2 Å². The number of hydrazone groups is 1. The summed E-state index contributed by atoms with van der Waals surface area (Å²) in [5.74, 6) is -2.00. The highest BCUT2D eigenvalue weighted by molar-refractivity contribution is 6.39. The SMILES string of the molecule is COc1cc(/C=N/NC(=O)C(=O)Nc2ccc(C(F)(F)F)cc2)ccc1OCc1ccc(F)cc1Cl. The van der Waals surface area contributed by atoms with E-state index in [4.69, 9.17) is 21.1 Å². The molecule has 0 bridgehead atoms. The van der Waals surface area contributed by atoms with Crippen LogP contribution in [-0.2, 0) is 22.4 Å². The van der Waals surface area contributed by atoms with Gasteiger partial charge in [-0.2, -0.15) is 18.3 Å². The molecule has 0 saturated heterocycles. The van der Waals surface area contributed by atoms with Crippen molar-refractivity contribution in [1.82, 2.24) is 5.43 Å². The molecule has 2 amide bonds. The van der Waals surface area contributed by atoms with E-state index < -0.39 is 29.4 Å². The Labute approximate surface area is 207 Å². The van der Waals surface area contributed by atoms with Crippen LogP contribution in [0.3, 0.4) is 0 Å². The molecule has 12 heteroatoms. The van der Waals surface area contributed by atoms with Crippen molar-refractivity contribution in [1.29, 1.82) is 0 Å². The first-order valence-electron chi connectivity index (χ1n) is 10.1. The monoisotopic (exact) mass is 523 g/mol. The van der Waals surface area contributed by atoms with Gasteiger partial charge in [-0.1, -0.05) is 17.7 Å². The van der Waals surface area contributed by atoms with Crippen LogP contribution in [0.1, 0.15) is 16.7 Å². The van der Waals surface area contributed by atoms with Crippen molar-refractivity contribution in [2.75, 3.05) is 12.4 Å². The molecule has 0 aromatic heterocycles. The van der Waals surface area contributed by atoms with E-state index in [0.29, 0.717) is 22.6 Å². The quantitative estimate of drug-likeness (QED) is 0.193. The summed E-state index contributed by atoms with van der Waals surface area (Å²) in [6, 6.07) is 12.3. The second kappa shape index (κ2) is 11.5. The zero-order valence-electron chi connectivity index (χ0n) is 18.5. The van der Waals surface area contributed by atoms with Crippen molar-refractivity contribution in [3.05, 3.63) is 88.2 Å². The smallest absolute Gasteiger partial charge is 0.416 e. The molecule has 2 N–H and O–H groups in total. The highest BCUT2D eigenvalue weighted by Crippen LogP contribution is 2.30. The Morgan fingerprint density at radius 2 is 1.72 bits per heavy atom. The van der Waals surface area contributed by atoms with Gasteiger partial charge in [-0.25, -0.2) is 9.82 Å². The van der Waals surface area contributed by atoms with Gasteiger partial charge in [-0.05, 0) is 60.2 Å². The van der Waals surface area contributed by atoms with Crippen LogP contribution in [0, 0.1) is 5.82 Å². The Hall–Kier alpha value is -4.12. The average molecular weight is 524 g/mol. The lowest BCUT2D eigenvalue weighted by Crippen LogP contribution is -2.32. The van der Waals surface area contributed by atoms with Crippen molar-refractivity contribution in [2.24, 2.45) is 5.10 Å². The number of carbonyl (C=O) groups is 2. The van der Waals surface area contributed by atoms with Crippen molar-refractivity contribution >= 4 is 35.3 Å². The van der Waals surface area contributed by atoms with Crippen LogP contribution in [0.4, 0.5) is 23.2 Å². The van der Waals surface area contributed by atoms with Crippen LogP contribution >= 0.6 is 11.6 Å². The first-order valence-corrected chi connectivity index (χ1v) is 10.5. The number of alkyl halides is 3. The normalized spacial score (nSPS) is 11.3. The summed E-state index contributed by atoms with van der Waals surface area (Å²) in [6.07, 6.45) is -3.27. The lowest BCUT2D eigenvalue weighted by Gasteiger charge is -2.12. The zero-order chi connectivity index (χ0) is 26.3. The molecule has 188 valence electrons. The number of rotatable bonds is 7. The first kappa shape index (κ1) is 26.5. The molecule has 0 aliphatic heterocycles. The Bertz CT molecular complexity index is 1280. The van der Waals surface area contributed by atoms with Gasteiger partial charge in [0.2, 0.25) is 0 Å². The number of ether oxygens (including phenoxy) is 2. The van der Waals surface area contributed by atoms with Gasteiger partial charge in [-0.3, -0.25) is 9.59 Å². The van der Waals surface area contributed by atoms with Gasteiger partial charge < -0.3 is 14.8 Å². The summed E-state index contributed by atoms with van der Waals surface area (Å²) in [5, 5.41) is 6.07. The first-order chi connectivity index (χ1) is 17.1. The topological polar surface area (TPSA) is 89.0 Å². The van der Waals surface area contributed by atoms with Crippen molar-refractivity contribution in [2.45, 2.75) is 12.8 Å². The van der Waals surface area contributed by atoms with E-state index in [1.165, 1.54) is 31.5 Å². The molecule has 7 nitrogen and oxygen atoms in total. The number of nitrogens with one attached hydrogen (secondary N) is 2. The van der Waals surface area contributed by atoms with Crippen molar-refractivity contribution < 1.29 is 36.6 Å². The zero-order valence-corrected chi connectivity index (χ0v) is 19.3. The summed E-state index contributed by atoms with van der Waals surface area (Å²) >= 11 is 5.99. The number of methoxy groups -OCH3 is 1. The molecular weight excluding hydrogens is 506 g/mol. The van der Waals surface area contributed by atoms with Crippen LogP contribution in [0.15, 0.2) is 65.8 Å². The fourth-order valence-electron chi connectivity index (χ4n) is 2.82. The maximum absolute atomic E-state index is 13.2. The van der Waals surface area contributed by atoms with Gasteiger partial charge in [0.1, 0.15) is 12.4 Å². The second-order valence-electron chi connectivity index (χ2n) is 7.16. The van der Waals surface area contributed by atoms with Gasteiger partial charge in [0.25, 0.3) is 0 Å². The minimum absolute atomic E-state index is 0.00868. The highest BCUT2D eigenvalue weighted by atomic mass is 35.5. The van der Waals surface area contributed by atoms with E-state index in [9.17, 15) is 27.2 Å². The molecule has 3 aromatic carbocycles. The largest absolute Gasteiger partial charge is 0.493 e. The van der Waals surface area contributed by atoms with Crippen molar-refractivity contribution in [3.63, 3.8) is 0 Å². The molecule has 36 heavy (non-hydrogen) atoms. The Kier molecular flexibility index (Phi) is 8.49. The number of nitrogens with zero attached hydrogens (tertiary/aromatic N) is 1. The molecule has 0 heterocycles. The van der Waals surface area contributed by atoms with E-state index in [2.05, 4.69) is 10.4 Å². The summed E-state index contributed by atoms with van der Waals surface area (Å²) in [7, 11) is 1.42. The molecule has 0 fully saturated rings. The Morgan fingerprint density at radius 1 is 1.00 bits per heavy atom. The molecule has 3 aromatic rings. The van der Waals surface area contributed by atoms with E-state index >= 15 is 0 Å². The van der Waals surface area contributed by atoms with Crippen LogP contribution in [-0.4, -0.2) is 25.1 Å². The van der Waals surface area contributed by atoms with Gasteiger partial charge in [0.15, 0.2) is 11.5 Å². The highest BCUT2D eigenvalue weighted by Gasteiger charge is 2.30. The van der Waals surface area contributed by atoms with Crippen LogP contribution in [0.2, 0.25) is 5.02 Å². The predicted octanol–water partition coefficient (Wildman–Crippen LogP) is 5.17. The van der Waals surface area contributed by atoms with Gasteiger partial charge in [0.05, 0.1) is 23.9 Å². The summed E-state index contributed by atoms with van der Waals surface area (Å²) in [5.41, 5.74) is 2.20. The number of hydrogen-bond acceptors (Lipinski definition) is 5. The number of anilines is 1. The third kappa shape index (κ3) is 7.19. The maximum Gasteiger partial charge on any atom is 0.416 e. The fraction of sp³-hybridized carbons (Fsp3) is 0.125. The van der Waals surface area contributed by atoms with Gasteiger partial charge in [-0.15, -0.1) is 0 Å². The number of amides is 2. The number of hydrogen-bond donors (Lipinski definition) is 2. The summed E-state index contributed by atoms with van der Waals surface area (Å²) in [4.78, 5) is 23.8. The number of halogens is 5. The number of benzene rings is 3. The average Bonchev–Trinajstić information content (AvgIpc) is 2.83. The molecule has 0 spiro atoms. The van der Waals surface area contributed by atoms with E-state index in [-0.39, 0.29) is 17.3 Å². The standard InChI is InChI=1S/C24H18ClF4N3O4/c1-35-21-10-14(2-9-20(21)36-13-15-3-6-17(26)11-19(15)25)12-30-32-23(34)22(33)31-18-7-4-16(5-8-18)24(27,28)29/h2-12H,13H2,1H3,(H,31,33)(H,32,34)/b30-12+. The van der Waals surface area contributed by atoms with Gasteiger partial charge >= 0.3 is 18.0 Å². The predicted molar refractivity (Wildman–Crippen MR) is 125 cm³/mol. The maximum atomic E-state index is 13.2. The minimum atomic E-state index is -4.52. The van der Waals surface area contributed by atoms with Crippen LogP contribution < -0.4 is 20.2 Å². The minimum Gasteiger partial charge on any atom is -0.493 e. The third-order valence-electron chi connectivity index (χ3n) is 4.64. The molecule has 0 aliphatic rings. The lowest BCUT2D eigenvalue weighted by atomic mass is 10.2. The molecular formula is C24H18ClF4N3O4. The van der Waals surface area contributed by atoms with Crippen molar-refractivity contribution in [3.8, 4) is 11.5 Å².